The maximum absolute atomic E-state index is 6.57. The molecule has 1 aliphatic rings. The second-order valence-corrected chi connectivity index (χ2v) is 7.45. The minimum atomic E-state index is 0.174. The SMILES string of the molecule is CCCC(CC)C1Cc2ccccc2C1Oc1ccc(CCOC)cc1. The van der Waals surface area contributed by atoms with Gasteiger partial charge < -0.3 is 9.47 Å². The Labute approximate surface area is 158 Å². The van der Waals surface area contributed by atoms with E-state index in [-0.39, 0.29) is 6.10 Å². The minimum Gasteiger partial charge on any atom is -0.485 e. The number of ether oxygens (including phenoxy) is 2. The van der Waals surface area contributed by atoms with E-state index < -0.39 is 0 Å². The first-order valence-corrected chi connectivity index (χ1v) is 10.1. The fraction of sp³-hybridized carbons (Fsp3) is 0.500. The highest BCUT2D eigenvalue weighted by atomic mass is 16.5. The fourth-order valence-corrected chi connectivity index (χ4v) is 4.35. The highest BCUT2D eigenvalue weighted by Gasteiger charge is 2.37. The van der Waals surface area contributed by atoms with Gasteiger partial charge in [0.15, 0.2) is 0 Å². The van der Waals surface area contributed by atoms with Gasteiger partial charge in [0.2, 0.25) is 0 Å². The lowest BCUT2D eigenvalue weighted by atomic mass is 9.83. The molecular formula is C24H32O2. The molecule has 0 heterocycles. The Balaban J connectivity index is 1.79. The standard InChI is InChI=1S/C24H32O2/c1-4-8-19(5-2)23-17-20-9-6-7-10-22(20)24(23)26-21-13-11-18(12-14-21)15-16-25-3/h6-7,9-14,19,23-24H,4-5,8,15-17H2,1-3H3. The average molecular weight is 353 g/mol. The molecule has 0 amide bonds. The Kier molecular flexibility index (Phi) is 6.73. The normalized spacial score (nSPS) is 20.0. The van der Waals surface area contributed by atoms with Crippen molar-refractivity contribution in [2.75, 3.05) is 13.7 Å². The van der Waals surface area contributed by atoms with E-state index in [0.717, 1.165) is 31.1 Å². The average Bonchev–Trinajstić information content (AvgIpc) is 3.04. The van der Waals surface area contributed by atoms with Crippen LogP contribution in [0.25, 0.3) is 0 Å². The predicted octanol–water partition coefficient (Wildman–Crippen LogP) is 5.99. The van der Waals surface area contributed by atoms with Gasteiger partial charge in [0.05, 0.1) is 6.61 Å². The van der Waals surface area contributed by atoms with Crippen LogP contribution in [0.1, 0.15) is 55.9 Å². The van der Waals surface area contributed by atoms with E-state index in [9.17, 15) is 0 Å². The van der Waals surface area contributed by atoms with Gasteiger partial charge in [0, 0.05) is 13.0 Å². The van der Waals surface area contributed by atoms with E-state index in [0.29, 0.717) is 5.92 Å². The van der Waals surface area contributed by atoms with Gasteiger partial charge in [-0.3, -0.25) is 0 Å². The van der Waals surface area contributed by atoms with Crippen LogP contribution in [0.5, 0.6) is 5.75 Å². The summed E-state index contributed by atoms with van der Waals surface area (Å²) < 4.78 is 11.7. The van der Waals surface area contributed by atoms with Crippen molar-refractivity contribution in [3.05, 3.63) is 65.2 Å². The van der Waals surface area contributed by atoms with Gasteiger partial charge in [-0.2, -0.15) is 0 Å². The van der Waals surface area contributed by atoms with Crippen LogP contribution in [0.4, 0.5) is 0 Å². The van der Waals surface area contributed by atoms with Gasteiger partial charge in [0.1, 0.15) is 11.9 Å². The van der Waals surface area contributed by atoms with Gasteiger partial charge >= 0.3 is 0 Å². The topological polar surface area (TPSA) is 18.5 Å². The Hall–Kier alpha value is -1.80. The third-order valence-electron chi connectivity index (χ3n) is 5.78. The molecule has 3 rings (SSSR count). The Morgan fingerprint density at radius 1 is 1.04 bits per heavy atom. The van der Waals surface area contributed by atoms with E-state index in [1.165, 1.54) is 36.0 Å². The number of rotatable bonds is 9. The summed E-state index contributed by atoms with van der Waals surface area (Å²) in [4.78, 5) is 0. The first-order chi connectivity index (χ1) is 12.8. The van der Waals surface area contributed by atoms with Crippen molar-refractivity contribution in [2.45, 2.75) is 52.1 Å². The fourth-order valence-electron chi connectivity index (χ4n) is 4.35. The largest absolute Gasteiger partial charge is 0.485 e. The molecule has 2 heteroatoms. The summed E-state index contributed by atoms with van der Waals surface area (Å²) in [6, 6.07) is 17.4. The van der Waals surface area contributed by atoms with Crippen LogP contribution in [0, 0.1) is 11.8 Å². The van der Waals surface area contributed by atoms with E-state index in [1.54, 1.807) is 7.11 Å². The summed E-state index contributed by atoms with van der Waals surface area (Å²) >= 11 is 0. The molecule has 0 saturated carbocycles. The molecule has 0 bridgehead atoms. The molecule has 0 spiro atoms. The molecule has 26 heavy (non-hydrogen) atoms. The smallest absolute Gasteiger partial charge is 0.127 e. The number of methoxy groups -OCH3 is 1. The summed E-state index contributed by atoms with van der Waals surface area (Å²) in [7, 11) is 1.75. The van der Waals surface area contributed by atoms with Crippen molar-refractivity contribution in [2.24, 2.45) is 11.8 Å². The van der Waals surface area contributed by atoms with Crippen molar-refractivity contribution in [3.63, 3.8) is 0 Å². The van der Waals surface area contributed by atoms with Crippen molar-refractivity contribution in [1.82, 2.24) is 0 Å². The van der Waals surface area contributed by atoms with Gasteiger partial charge in [-0.25, -0.2) is 0 Å². The molecule has 0 aromatic heterocycles. The molecule has 3 unspecified atom stereocenters. The molecule has 0 saturated heterocycles. The van der Waals surface area contributed by atoms with Gasteiger partial charge in [0.25, 0.3) is 0 Å². The highest BCUT2D eigenvalue weighted by Crippen LogP contribution is 2.45. The molecule has 1 aliphatic carbocycles. The van der Waals surface area contributed by atoms with Crippen molar-refractivity contribution < 1.29 is 9.47 Å². The number of hydrogen-bond acceptors (Lipinski definition) is 2. The molecule has 0 aliphatic heterocycles. The quantitative estimate of drug-likeness (QED) is 0.551. The van der Waals surface area contributed by atoms with Gasteiger partial charge in [-0.05, 0) is 47.6 Å². The van der Waals surface area contributed by atoms with Crippen LogP contribution in [-0.4, -0.2) is 13.7 Å². The van der Waals surface area contributed by atoms with E-state index >= 15 is 0 Å². The number of fused-ring (bicyclic) bond motifs is 1. The number of benzene rings is 2. The zero-order valence-electron chi connectivity index (χ0n) is 16.4. The maximum atomic E-state index is 6.57. The predicted molar refractivity (Wildman–Crippen MR) is 108 cm³/mol. The molecule has 2 aromatic carbocycles. The molecule has 0 radical (unpaired) electrons. The van der Waals surface area contributed by atoms with Crippen LogP contribution in [0.3, 0.4) is 0 Å². The third kappa shape index (κ3) is 4.29. The molecule has 2 aromatic rings. The minimum absolute atomic E-state index is 0.174. The lowest BCUT2D eigenvalue weighted by molar-refractivity contribution is 0.103. The van der Waals surface area contributed by atoms with E-state index in [1.807, 2.05) is 0 Å². The van der Waals surface area contributed by atoms with Crippen LogP contribution in [0.15, 0.2) is 48.5 Å². The summed E-state index contributed by atoms with van der Waals surface area (Å²) in [5, 5.41) is 0. The summed E-state index contributed by atoms with van der Waals surface area (Å²) in [6.07, 6.45) is 6.01. The lowest BCUT2D eigenvalue weighted by Gasteiger charge is -2.29. The first-order valence-electron chi connectivity index (χ1n) is 10.1. The number of hydrogen-bond donors (Lipinski definition) is 0. The second kappa shape index (κ2) is 9.23. The van der Waals surface area contributed by atoms with Crippen LogP contribution in [-0.2, 0) is 17.6 Å². The summed E-state index contributed by atoms with van der Waals surface area (Å²) in [5.41, 5.74) is 4.14. The van der Waals surface area contributed by atoms with Crippen LogP contribution >= 0.6 is 0 Å². The maximum Gasteiger partial charge on any atom is 0.127 e. The second-order valence-electron chi connectivity index (χ2n) is 7.45. The Bertz CT molecular complexity index is 677. The zero-order valence-corrected chi connectivity index (χ0v) is 16.4. The lowest BCUT2D eigenvalue weighted by Crippen LogP contribution is -2.22. The summed E-state index contributed by atoms with van der Waals surface area (Å²) in [6.45, 7) is 5.37. The Morgan fingerprint density at radius 3 is 2.50 bits per heavy atom. The molecule has 0 fully saturated rings. The molecule has 2 nitrogen and oxygen atoms in total. The molecular weight excluding hydrogens is 320 g/mol. The zero-order chi connectivity index (χ0) is 18.4. The van der Waals surface area contributed by atoms with E-state index in [4.69, 9.17) is 9.47 Å². The molecule has 0 N–H and O–H groups in total. The Morgan fingerprint density at radius 2 is 1.81 bits per heavy atom. The van der Waals surface area contributed by atoms with Crippen LogP contribution < -0.4 is 4.74 Å². The van der Waals surface area contributed by atoms with Crippen molar-refractivity contribution >= 4 is 0 Å². The van der Waals surface area contributed by atoms with Crippen molar-refractivity contribution in [3.8, 4) is 5.75 Å². The monoisotopic (exact) mass is 352 g/mol. The summed E-state index contributed by atoms with van der Waals surface area (Å²) in [5.74, 6) is 2.27. The first kappa shape index (κ1) is 19.0. The van der Waals surface area contributed by atoms with E-state index in [2.05, 4.69) is 62.4 Å². The molecule has 140 valence electrons. The van der Waals surface area contributed by atoms with Crippen molar-refractivity contribution in [1.29, 1.82) is 0 Å². The third-order valence-corrected chi connectivity index (χ3v) is 5.78. The van der Waals surface area contributed by atoms with Gasteiger partial charge in [-0.15, -0.1) is 0 Å². The van der Waals surface area contributed by atoms with Gasteiger partial charge in [-0.1, -0.05) is 69.5 Å². The highest BCUT2D eigenvalue weighted by molar-refractivity contribution is 5.37. The van der Waals surface area contributed by atoms with Crippen LogP contribution in [0.2, 0.25) is 0 Å². The molecule has 3 atom stereocenters.